The number of β-amino-alcohol motifs (C(OH)–C–C–N with tert-alkyl or cyclic N) is 1. The van der Waals surface area contributed by atoms with Gasteiger partial charge in [0.25, 0.3) is 0 Å². The summed E-state index contributed by atoms with van der Waals surface area (Å²) in [7, 11) is 3.40. The van der Waals surface area contributed by atoms with Crippen LogP contribution >= 0.6 is 23.2 Å². The minimum Gasteiger partial charge on any atom is -0.480 e. The quantitative estimate of drug-likeness (QED) is 0.555. The zero-order valence-corrected chi connectivity index (χ0v) is 19.1. The lowest BCUT2D eigenvalue weighted by molar-refractivity contribution is -0.0878. The number of methoxy groups -OCH3 is 1. The topological polar surface area (TPSA) is 70.5 Å². The van der Waals surface area contributed by atoms with Gasteiger partial charge in [0, 0.05) is 43.4 Å². The largest absolute Gasteiger partial charge is 0.480 e. The van der Waals surface area contributed by atoms with E-state index in [4.69, 9.17) is 27.9 Å². The Kier molecular flexibility index (Phi) is 6.08. The van der Waals surface area contributed by atoms with Crippen LogP contribution in [0.2, 0.25) is 10.0 Å². The molecule has 0 atom stereocenters. The third-order valence-electron chi connectivity index (χ3n) is 5.34. The molecule has 162 valence electrons. The second-order valence-corrected chi connectivity index (χ2v) is 8.69. The molecule has 1 aliphatic heterocycles. The standard InChI is InChI=1S/C23H24Cl2N4O2/c1-23(30)12-29(13-23)11-19-22(31-3)28-18(10-27-19)16-8-4-6-14(20(16)24)15-7-5-9-17(26-2)21(15)25/h4-10,26,30H,11-13H2,1-3H3. The maximum absolute atomic E-state index is 9.95. The Bertz CT molecular complexity index is 1110. The molecule has 2 N–H and O–H groups in total. The van der Waals surface area contributed by atoms with Gasteiger partial charge in [0.2, 0.25) is 5.88 Å². The van der Waals surface area contributed by atoms with Crippen molar-refractivity contribution < 1.29 is 9.84 Å². The summed E-state index contributed by atoms with van der Waals surface area (Å²) in [4.78, 5) is 11.3. The molecule has 2 aromatic carbocycles. The molecule has 0 unspecified atom stereocenters. The van der Waals surface area contributed by atoms with Crippen molar-refractivity contribution in [3.63, 3.8) is 0 Å². The van der Waals surface area contributed by atoms with E-state index in [2.05, 4.69) is 20.2 Å². The first-order valence-electron chi connectivity index (χ1n) is 9.93. The van der Waals surface area contributed by atoms with Gasteiger partial charge in [-0.3, -0.25) is 9.88 Å². The van der Waals surface area contributed by atoms with Gasteiger partial charge in [-0.25, -0.2) is 4.98 Å². The molecule has 0 radical (unpaired) electrons. The fraction of sp³-hybridized carbons (Fsp3) is 0.304. The van der Waals surface area contributed by atoms with Gasteiger partial charge in [-0.2, -0.15) is 0 Å². The van der Waals surface area contributed by atoms with E-state index in [-0.39, 0.29) is 0 Å². The fourth-order valence-electron chi connectivity index (χ4n) is 3.91. The van der Waals surface area contributed by atoms with Gasteiger partial charge in [0.05, 0.1) is 40.3 Å². The summed E-state index contributed by atoms with van der Waals surface area (Å²) in [5.41, 5.74) is 3.92. The third kappa shape index (κ3) is 4.34. The zero-order chi connectivity index (χ0) is 22.2. The van der Waals surface area contributed by atoms with Gasteiger partial charge in [0.1, 0.15) is 5.69 Å². The Labute approximate surface area is 191 Å². The number of hydrogen-bond acceptors (Lipinski definition) is 6. The molecule has 31 heavy (non-hydrogen) atoms. The SMILES string of the molecule is CNc1cccc(-c2cccc(-c3cnc(CN4CC(C)(O)C4)c(OC)n3)c2Cl)c1Cl. The molecule has 0 saturated carbocycles. The van der Waals surface area contributed by atoms with E-state index in [1.54, 1.807) is 13.3 Å². The highest BCUT2D eigenvalue weighted by atomic mass is 35.5. The zero-order valence-electron chi connectivity index (χ0n) is 17.6. The van der Waals surface area contributed by atoms with Gasteiger partial charge >= 0.3 is 0 Å². The van der Waals surface area contributed by atoms with Gasteiger partial charge in [-0.05, 0) is 13.0 Å². The molecule has 2 heterocycles. The van der Waals surface area contributed by atoms with Crippen LogP contribution in [0.25, 0.3) is 22.4 Å². The summed E-state index contributed by atoms with van der Waals surface area (Å²) >= 11 is 13.4. The van der Waals surface area contributed by atoms with Crippen LogP contribution in [-0.4, -0.2) is 52.8 Å². The molecule has 8 heteroatoms. The number of likely N-dealkylation sites (tertiary alicyclic amines) is 1. The molecular weight excluding hydrogens is 435 g/mol. The van der Waals surface area contributed by atoms with Gasteiger partial charge in [0.15, 0.2) is 0 Å². The molecule has 0 aliphatic carbocycles. The second kappa shape index (κ2) is 8.63. The Morgan fingerprint density at radius 3 is 2.39 bits per heavy atom. The highest BCUT2D eigenvalue weighted by Gasteiger charge is 2.36. The average Bonchev–Trinajstić information content (AvgIpc) is 2.73. The number of anilines is 1. The van der Waals surface area contributed by atoms with Crippen molar-refractivity contribution in [3.05, 3.63) is 58.3 Å². The van der Waals surface area contributed by atoms with Crippen LogP contribution in [0.1, 0.15) is 12.6 Å². The summed E-state index contributed by atoms with van der Waals surface area (Å²) in [5, 5.41) is 14.2. The summed E-state index contributed by atoms with van der Waals surface area (Å²) < 4.78 is 5.50. The Hall–Kier alpha value is -2.38. The van der Waals surface area contributed by atoms with Crippen LogP contribution in [0, 0.1) is 0 Å². The van der Waals surface area contributed by atoms with Crippen molar-refractivity contribution in [2.75, 3.05) is 32.6 Å². The van der Waals surface area contributed by atoms with Crippen LogP contribution in [0.15, 0.2) is 42.6 Å². The number of nitrogens with zero attached hydrogens (tertiary/aromatic N) is 3. The van der Waals surface area contributed by atoms with Crippen LogP contribution in [0.4, 0.5) is 5.69 Å². The molecule has 0 amide bonds. The van der Waals surface area contributed by atoms with Crippen molar-refractivity contribution in [1.29, 1.82) is 0 Å². The normalized spacial score (nSPS) is 15.4. The Morgan fingerprint density at radius 1 is 1.10 bits per heavy atom. The van der Waals surface area contributed by atoms with E-state index >= 15 is 0 Å². The highest BCUT2D eigenvalue weighted by Crippen LogP contribution is 2.41. The second-order valence-electron chi connectivity index (χ2n) is 7.94. The van der Waals surface area contributed by atoms with Crippen LogP contribution in [0.5, 0.6) is 5.88 Å². The first-order valence-corrected chi connectivity index (χ1v) is 10.7. The summed E-state index contributed by atoms with van der Waals surface area (Å²) in [5.74, 6) is 0.445. The highest BCUT2D eigenvalue weighted by molar-refractivity contribution is 6.39. The molecule has 6 nitrogen and oxygen atoms in total. The van der Waals surface area contributed by atoms with Crippen LogP contribution < -0.4 is 10.1 Å². The smallest absolute Gasteiger partial charge is 0.237 e. The number of ether oxygens (including phenoxy) is 1. The molecule has 4 rings (SSSR count). The minimum atomic E-state index is -0.638. The molecule has 3 aromatic rings. The Balaban J connectivity index is 1.68. The van der Waals surface area contributed by atoms with Gasteiger partial charge in [-0.1, -0.05) is 53.5 Å². The van der Waals surface area contributed by atoms with Crippen LogP contribution in [-0.2, 0) is 6.54 Å². The molecule has 1 saturated heterocycles. The maximum atomic E-state index is 9.95. The van der Waals surface area contributed by atoms with E-state index in [1.807, 2.05) is 50.4 Å². The lowest BCUT2D eigenvalue weighted by Crippen LogP contribution is -2.59. The van der Waals surface area contributed by atoms with Crippen molar-refractivity contribution in [2.45, 2.75) is 19.1 Å². The molecule has 1 aliphatic rings. The summed E-state index contributed by atoms with van der Waals surface area (Å²) in [6.07, 6.45) is 1.70. The fourth-order valence-corrected chi connectivity index (χ4v) is 4.56. The van der Waals surface area contributed by atoms with Gasteiger partial charge < -0.3 is 15.2 Å². The Morgan fingerprint density at radius 2 is 1.74 bits per heavy atom. The first kappa shape index (κ1) is 21.8. The van der Waals surface area contributed by atoms with E-state index in [0.29, 0.717) is 41.3 Å². The average molecular weight is 459 g/mol. The molecular formula is C23H24Cl2N4O2. The predicted molar refractivity (Wildman–Crippen MR) is 125 cm³/mol. The molecule has 1 fully saturated rings. The number of aromatic nitrogens is 2. The van der Waals surface area contributed by atoms with Crippen molar-refractivity contribution in [2.24, 2.45) is 0 Å². The summed E-state index contributed by atoms with van der Waals surface area (Å²) in [6.45, 7) is 3.58. The van der Waals surface area contributed by atoms with E-state index in [9.17, 15) is 5.11 Å². The van der Waals surface area contributed by atoms with Gasteiger partial charge in [-0.15, -0.1) is 0 Å². The number of benzene rings is 2. The molecule has 0 spiro atoms. The van der Waals surface area contributed by atoms with Crippen molar-refractivity contribution >= 4 is 28.9 Å². The van der Waals surface area contributed by atoms with Crippen molar-refractivity contribution in [3.8, 4) is 28.3 Å². The maximum Gasteiger partial charge on any atom is 0.237 e. The minimum absolute atomic E-state index is 0.445. The number of hydrogen-bond donors (Lipinski definition) is 2. The van der Waals surface area contributed by atoms with Crippen LogP contribution in [0.3, 0.4) is 0 Å². The summed E-state index contributed by atoms with van der Waals surface area (Å²) in [6, 6.07) is 11.5. The van der Waals surface area contributed by atoms with E-state index in [1.165, 1.54) is 0 Å². The van der Waals surface area contributed by atoms with E-state index < -0.39 is 5.60 Å². The third-order valence-corrected chi connectivity index (χ3v) is 6.15. The number of aliphatic hydroxyl groups is 1. The predicted octanol–water partition coefficient (Wildman–Crippen LogP) is 4.73. The molecule has 1 aromatic heterocycles. The lowest BCUT2D eigenvalue weighted by atomic mass is 9.97. The number of rotatable bonds is 6. The van der Waals surface area contributed by atoms with Crippen molar-refractivity contribution in [1.82, 2.24) is 14.9 Å². The molecule has 0 bridgehead atoms. The first-order chi connectivity index (χ1) is 14.8. The lowest BCUT2D eigenvalue weighted by Gasteiger charge is -2.44. The number of halogens is 2. The monoisotopic (exact) mass is 458 g/mol. The van der Waals surface area contributed by atoms with E-state index in [0.717, 1.165) is 28.1 Å². The number of nitrogens with one attached hydrogen (secondary N) is 1.